The molecule has 0 saturated heterocycles. The first-order valence-corrected chi connectivity index (χ1v) is 4.22. The second-order valence-corrected chi connectivity index (χ2v) is 2.84. The standard InChI is InChI=1S/C10H13FN2/c1-3-10(12)13(2)9-6-4-5-8(11)7-9/h4-7,12H,3H2,1-2H3. The molecule has 1 aromatic carbocycles. The Morgan fingerprint density at radius 3 is 2.77 bits per heavy atom. The van der Waals surface area contributed by atoms with Crippen LogP contribution < -0.4 is 4.90 Å². The minimum atomic E-state index is -0.270. The first-order valence-electron chi connectivity index (χ1n) is 4.22. The van der Waals surface area contributed by atoms with Crippen molar-refractivity contribution in [3.63, 3.8) is 0 Å². The molecule has 0 radical (unpaired) electrons. The number of nitrogens with one attached hydrogen (secondary N) is 1. The van der Waals surface area contributed by atoms with Crippen LogP contribution in [-0.2, 0) is 0 Å². The van der Waals surface area contributed by atoms with Crippen LogP contribution in [-0.4, -0.2) is 12.9 Å². The molecular formula is C10H13FN2. The molecule has 0 aliphatic rings. The first kappa shape index (κ1) is 9.71. The van der Waals surface area contributed by atoms with E-state index in [9.17, 15) is 4.39 Å². The fourth-order valence-electron chi connectivity index (χ4n) is 1.08. The molecule has 1 aromatic rings. The first-order chi connectivity index (χ1) is 6.15. The van der Waals surface area contributed by atoms with Crippen molar-refractivity contribution in [2.45, 2.75) is 13.3 Å². The Hall–Kier alpha value is -1.38. The molecule has 0 aliphatic carbocycles. The third-order valence-corrected chi connectivity index (χ3v) is 1.94. The summed E-state index contributed by atoms with van der Waals surface area (Å²) in [5, 5.41) is 7.55. The molecule has 0 atom stereocenters. The van der Waals surface area contributed by atoms with E-state index in [1.165, 1.54) is 12.1 Å². The Kier molecular flexibility index (Phi) is 3.01. The highest BCUT2D eigenvalue weighted by Gasteiger charge is 2.04. The number of hydrogen-bond acceptors (Lipinski definition) is 1. The summed E-state index contributed by atoms with van der Waals surface area (Å²) in [5.74, 6) is 0.207. The number of anilines is 1. The van der Waals surface area contributed by atoms with Gasteiger partial charge < -0.3 is 4.90 Å². The number of nitrogens with zero attached hydrogens (tertiary/aromatic N) is 1. The number of hydrogen-bond donors (Lipinski definition) is 1. The average molecular weight is 180 g/mol. The van der Waals surface area contributed by atoms with Crippen molar-refractivity contribution in [1.29, 1.82) is 5.41 Å². The van der Waals surface area contributed by atoms with E-state index in [1.807, 2.05) is 6.92 Å². The Morgan fingerprint density at radius 1 is 1.54 bits per heavy atom. The Morgan fingerprint density at radius 2 is 2.23 bits per heavy atom. The van der Waals surface area contributed by atoms with E-state index < -0.39 is 0 Å². The van der Waals surface area contributed by atoms with Crippen LogP contribution in [0.15, 0.2) is 24.3 Å². The van der Waals surface area contributed by atoms with Crippen molar-refractivity contribution in [2.75, 3.05) is 11.9 Å². The zero-order valence-electron chi connectivity index (χ0n) is 7.84. The van der Waals surface area contributed by atoms with E-state index in [-0.39, 0.29) is 5.82 Å². The summed E-state index contributed by atoms with van der Waals surface area (Å²) in [6, 6.07) is 6.24. The van der Waals surface area contributed by atoms with Gasteiger partial charge in [-0.1, -0.05) is 13.0 Å². The van der Waals surface area contributed by atoms with Crippen LogP contribution in [0.1, 0.15) is 13.3 Å². The van der Waals surface area contributed by atoms with Gasteiger partial charge in [0.05, 0.1) is 5.84 Å². The molecule has 70 valence electrons. The minimum absolute atomic E-state index is 0.270. The monoisotopic (exact) mass is 180 g/mol. The van der Waals surface area contributed by atoms with Gasteiger partial charge in [0.2, 0.25) is 0 Å². The van der Waals surface area contributed by atoms with Crippen molar-refractivity contribution in [2.24, 2.45) is 0 Å². The predicted octanol–water partition coefficient (Wildman–Crippen LogP) is 2.65. The van der Waals surface area contributed by atoms with Crippen molar-refractivity contribution in [1.82, 2.24) is 0 Å². The predicted molar refractivity (Wildman–Crippen MR) is 52.8 cm³/mol. The summed E-state index contributed by atoms with van der Waals surface area (Å²) in [4.78, 5) is 1.67. The summed E-state index contributed by atoms with van der Waals surface area (Å²) in [6.07, 6.45) is 0.646. The highest BCUT2D eigenvalue weighted by molar-refractivity contribution is 5.94. The zero-order valence-corrected chi connectivity index (χ0v) is 7.84. The molecule has 0 heterocycles. The molecule has 1 N–H and O–H groups in total. The second-order valence-electron chi connectivity index (χ2n) is 2.84. The fourth-order valence-corrected chi connectivity index (χ4v) is 1.08. The van der Waals surface area contributed by atoms with Gasteiger partial charge >= 0.3 is 0 Å². The van der Waals surface area contributed by atoms with Gasteiger partial charge in [0.15, 0.2) is 0 Å². The normalized spacial score (nSPS) is 9.77. The molecule has 0 fully saturated rings. The maximum atomic E-state index is 12.8. The van der Waals surface area contributed by atoms with E-state index in [0.29, 0.717) is 17.9 Å². The van der Waals surface area contributed by atoms with Crippen molar-refractivity contribution in [3.8, 4) is 0 Å². The molecule has 0 amide bonds. The van der Waals surface area contributed by atoms with Crippen LogP contribution in [0.25, 0.3) is 0 Å². The highest BCUT2D eigenvalue weighted by Crippen LogP contribution is 2.14. The summed E-state index contributed by atoms with van der Waals surface area (Å²) >= 11 is 0. The van der Waals surface area contributed by atoms with Gasteiger partial charge in [0.25, 0.3) is 0 Å². The van der Waals surface area contributed by atoms with Crippen molar-refractivity contribution in [3.05, 3.63) is 30.1 Å². The summed E-state index contributed by atoms with van der Waals surface area (Å²) in [7, 11) is 1.76. The van der Waals surface area contributed by atoms with Gasteiger partial charge in [-0.05, 0) is 18.2 Å². The molecule has 0 aromatic heterocycles. The number of halogens is 1. The van der Waals surface area contributed by atoms with Crippen LogP contribution >= 0.6 is 0 Å². The zero-order chi connectivity index (χ0) is 9.84. The van der Waals surface area contributed by atoms with E-state index >= 15 is 0 Å². The Balaban J connectivity index is 2.88. The quantitative estimate of drug-likeness (QED) is 0.549. The Bertz CT molecular complexity index is 310. The van der Waals surface area contributed by atoms with Crippen LogP contribution in [0.3, 0.4) is 0 Å². The summed E-state index contributed by atoms with van der Waals surface area (Å²) < 4.78 is 12.8. The van der Waals surface area contributed by atoms with Crippen LogP contribution in [0.4, 0.5) is 10.1 Å². The van der Waals surface area contributed by atoms with E-state index in [4.69, 9.17) is 5.41 Å². The maximum absolute atomic E-state index is 12.8. The van der Waals surface area contributed by atoms with E-state index in [1.54, 1.807) is 24.1 Å². The minimum Gasteiger partial charge on any atom is -0.333 e. The molecule has 0 bridgehead atoms. The smallest absolute Gasteiger partial charge is 0.125 e. The molecule has 0 saturated carbocycles. The van der Waals surface area contributed by atoms with Crippen LogP contribution in [0.2, 0.25) is 0 Å². The third kappa shape index (κ3) is 2.28. The number of benzene rings is 1. The van der Waals surface area contributed by atoms with Gasteiger partial charge in [0.1, 0.15) is 5.82 Å². The van der Waals surface area contributed by atoms with Crippen molar-refractivity contribution < 1.29 is 4.39 Å². The largest absolute Gasteiger partial charge is 0.333 e. The van der Waals surface area contributed by atoms with E-state index in [2.05, 4.69) is 0 Å². The lowest BCUT2D eigenvalue weighted by atomic mass is 10.2. The van der Waals surface area contributed by atoms with Crippen LogP contribution in [0, 0.1) is 11.2 Å². The average Bonchev–Trinajstić information content (AvgIpc) is 2.15. The maximum Gasteiger partial charge on any atom is 0.125 e. The molecule has 3 heteroatoms. The summed E-state index contributed by atoms with van der Waals surface area (Å²) in [5.41, 5.74) is 0.715. The lowest BCUT2D eigenvalue weighted by molar-refractivity contribution is 0.628. The lowest BCUT2D eigenvalue weighted by Crippen LogP contribution is -2.24. The SMILES string of the molecule is CCC(=N)N(C)c1cccc(F)c1. The third-order valence-electron chi connectivity index (χ3n) is 1.94. The fraction of sp³-hybridized carbons (Fsp3) is 0.300. The van der Waals surface area contributed by atoms with Crippen LogP contribution in [0.5, 0.6) is 0 Å². The lowest BCUT2D eigenvalue weighted by Gasteiger charge is -2.18. The molecular weight excluding hydrogens is 167 g/mol. The van der Waals surface area contributed by atoms with Gasteiger partial charge in [-0.15, -0.1) is 0 Å². The second kappa shape index (κ2) is 4.03. The highest BCUT2D eigenvalue weighted by atomic mass is 19.1. The molecule has 13 heavy (non-hydrogen) atoms. The topological polar surface area (TPSA) is 27.1 Å². The number of amidine groups is 1. The molecule has 0 spiro atoms. The molecule has 1 rings (SSSR count). The molecule has 2 nitrogen and oxygen atoms in total. The molecule has 0 aliphatic heterocycles. The Labute approximate surface area is 77.5 Å². The van der Waals surface area contributed by atoms with E-state index in [0.717, 1.165) is 0 Å². The summed E-state index contributed by atoms with van der Waals surface area (Å²) in [6.45, 7) is 1.90. The van der Waals surface area contributed by atoms with Gasteiger partial charge in [-0.2, -0.15) is 0 Å². The van der Waals surface area contributed by atoms with Gasteiger partial charge in [-0.25, -0.2) is 4.39 Å². The van der Waals surface area contributed by atoms with Gasteiger partial charge in [-0.3, -0.25) is 5.41 Å². The van der Waals surface area contributed by atoms with Crippen molar-refractivity contribution >= 4 is 11.5 Å². The number of rotatable bonds is 2. The molecule has 0 unspecified atom stereocenters. The van der Waals surface area contributed by atoms with Gasteiger partial charge in [0, 0.05) is 19.2 Å².